The van der Waals surface area contributed by atoms with E-state index in [2.05, 4.69) is 22.0 Å². The van der Waals surface area contributed by atoms with E-state index in [0.29, 0.717) is 25.3 Å². The van der Waals surface area contributed by atoms with E-state index in [-0.39, 0.29) is 36.3 Å². The lowest BCUT2D eigenvalue weighted by molar-refractivity contribution is -0.129. The van der Waals surface area contributed by atoms with Crippen LogP contribution in [0.15, 0.2) is 24.0 Å². The van der Waals surface area contributed by atoms with Crippen molar-refractivity contribution in [1.29, 1.82) is 0 Å². The highest BCUT2D eigenvalue weighted by Gasteiger charge is 2.48. The minimum absolute atomic E-state index is 0.000439. The summed E-state index contributed by atoms with van der Waals surface area (Å²) in [6.45, 7) is 5.22. The number of aromatic nitrogens is 4. The molecule has 2 amide bonds. The second-order valence-corrected chi connectivity index (χ2v) is 7.96. The molecular weight excluding hydrogens is 384 g/mol. The fourth-order valence-electron chi connectivity index (χ4n) is 4.46. The number of nitrogens with zero attached hydrogens (tertiary/aromatic N) is 6. The number of aliphatic hydroxyl groups excluding tert-OH is 1. The highest BCUT2D eigenvalue weighted by Crippen LogP contribution is 2.33. The molecule has 2 aromatic rings. The summed E-state index contributed by atoms with van der Waals surface area (Å²) in [5.41, 5.74) is 1.71. The fraction of sp³-hybridized carbons (Fsp3) is 0.571. The minimum Gasteiger partial charge on any atom is -0.396 e. The van der Waals surface area contributed by atoms with Crippen molar-refractivity contribution in [3.05, 3.63) is 35.4 Å². The van der Waals surface area contributed by atoms with Crippen LogP contribution in [0.4, 0.5) is 0 Å². The van der Waals surface area contributed by atoms with Crippen LogP contribution in [0.5, 0.6) is 0 Å². The van der Waals surface area contributed by atoms with Gasteiger partial charge in [-0.25, -0.2) is 9.50 Å². The molecule has 2 aromatic heterocycles. The lowest BCUT2D eigenvalue weighted by Crippen LogP contribution is -2.51. The van der Waals surface area contributed by atoms with Crippen molar-refractivity contribution >= 4 is 17.6 Å². The zero-order valence-electron chi connectivity index (χ0n) is 17.5. The lowest BCUT2D eigenvalue weighted by atomic mass is 10.1. The Labute approximate surface area is 175 Å². The van der Waals surface area contributed by atoms with Crippen molar-refractivity contribution in [2.24, 2.45) is 0 Å². The third kappa shape index (κ3) is 3.69. The first-order valence-electron chi connectivity index (χ1n) is 10.7. The summed E-state index contributed by atoms with van der Waals surface area (Å²) >= 11 is 0. The summed E-state index contributed by atoms with van der Waals surface area (Å²) in [5.74, 6) is 0.369. The Bertz CT molecular complexity index is 984. The van der Waals surface area contributed by atoms with Gasteiger partial charge < -0.3 is 14.9 Å². The van der Waals surface area contributed by atoms with Gasteiger partial charge in [0.25, 0.3) is 11.7 Å². The Morgan fingerprint density at radius 3 is 2.67 bits per heavy atom. The number of carbonyl (C=O) groups excluding carboxylic acids is 2. The van der Waals surface area contributed by atoms with E-state index in [1.807, 2.05) is 17.9 Å². The number of piperazine rings is 1. The molecule has 2 atom stereocenters. The Kier molecular flexibility index (Phi) is 5.80. The SMILES string of the molecule is CC/C=C(\CCC)C(=O)N1C[C@@H]2C[C@H]1CN2C(=O)c1nc2ncc(CCO)cn2n1. The van der Waals surface area contributed by atoms with Crippen LogP contribution in [0, 0.1) is 0 Å². The maximum atomic E-state index is 13.0. The molecule has 2 aliphatic heterocycles. The highest BCUT2D eigenvalue weighted by molar-refractivity contribution is 5.95. The molecule has 30 heavy (non-hydrogen) atoms. The molecule has 9 nitrogen and oxygen atoms in total. The van der Waals surface area contributed by atoms with E-state index in [1.54, 1.807) is 17.3 Å². The van der Waals surface area contributed by atoms with Crippen LogP contribution in [-0.2, 0) is 11.2 Å². The average Bonchev–Trinajstić information content (AvgIpc) is 3.46. The monoisotopic (exact) mass is 412 g/mol. The smallest absolute Gasteiger partial charge is 0.293 e. The molecule has 4 heterocycles. The number of fused-ring (bicyclic) bond motifs is 3. The molecule has 0 aromatic carbocycles. The van der Waals surface area contributed by atoms with Crippen LogP contribution in [-0.4, -0.2) is 78.1 Å². The third-order valence-electron chi connectivity index (χ3n) is 5.85. The van der Waals surface area contributed by atoms with Crippen molar-refractivity contribution < 1.29 is 14.7 Å². The summed E-state index contributed by atoms with van der Waals surface area (Å²) in [7, 11) is 0. The van der Waals surface area contributed by atoms with Crippen molar-refractivity contribution in [2.75, 3.05) is 19.7 Å². The molecule has 2 aliphatic rings. The molecule has 0 spiro atoms. The van der Waals surface area contributed by atoms with Gasteiger partial charge in [-0.05, 0) is 31.2 Å². The van der Waals surface area contributed by atoms with E-state index in [9.17, 15) is 9.59 Å². The van der Waals surface area contributed by atoms with Crippen LogP contribution < -0.4 is 0 Å². The Hall–Kier alpha value is -2.81. The first-order valence-corrected chi connectivity index (χ1v) is 10.7. The van der Waals surface area contributed by atoms with Gasteiger partial charge in [0.15, 0.2) is 0 Å². The number of allylic oxidation sites excluding steroid dienone is 1. The standard InChI is InChI=1S/C21H28N6O3/c1-3-5-15(6-4-2)19(29)25-12-17-9-16(25)13-26(17)20(30)18-23-21-22-10-14(7-8-28)11-27(21)24-18/h5,10-11,16-17,28H,3-4,6-9,12-13H2,1-2H3/b15-5+/t16-,17-/m0/s1. The number of rotatable bonds is 7. The van der Waals surface area contributed by atoms with E-state index < -0.39 is 0 Å². The van der Waals surface area contributed by atoms with Gasteiger partial charge in [0, 0.05) is 37.7 Å². The number of hydrogen-bond donors (Lipinski definition) is 1. The van der Waals surface area contributed by atoms with Gasteiger partial charge in [0.2, 0.25) is 11.7 Å². The summed E-state index contributed by atoms with van der Waals surface area (Å²) < 4.78 is 1.48. The summed E-state index contributed by atoms with van der Waals surface area (Å²) in [6, 6.07) is 0.0512. The van der Waals surface area contributed by atoms with E-state index >= 15 is 0 Å². The van der Waals surface area contributed by atoms with Crippen LogP contribution in [0.25, 0.3) is 5.78 Å². The Morgan fingerprint density at radius 2 is 2.00 bits per heavy atom. The van der Waals surface area contributed by atoms with Crippen molar-refractivity contribution in [1.82, 2.24) is 29.4 Å². The first-order chi connectivity index (χ1) is 14.5. The molecule has 1 N–H and O–H groups in total. The van der Waals surface area contributed by atoms with E-state index in [1.165, 1.54) is 4.52 Å². The maximum absolute atomic E-state index is 13.0. The largest absolute Gasteiger partial charge is 0.396 e. The topological polar surface area (TPSA) is 104 Å². The van der Waals surface area contributed by atoms with Crippen LogP contribution in [0.2, 0.25) is 0 Å². The number of likely N-dealkylation sites (tertiary alicyclic amines) is 2. The van der Waals surface area contributed by atoms with Gasteiger partial charge in [0.05, 0.1) is 12.1 Å². The van der Waals surface area contributed by atoms with Gasteiger partial charge in [-0.15, -0.1) is 5.10 Å². The maximum Gasteiger partial charge on any atom is 0.293 e. The van der Waals surface area contributed by atoms with Crippen LogP contribution in [0.3, 0.4) is 0 Å². The molecule has 160 valence electrons. The summed E-state index contributed by atoms with van der Waals surface area (Å²) in [5, 5.41) is 13.4. The predicted molar refractivity (Wildman–Crippen MR) is 110 cm³/mol. The summed E-state index contributed by atoms with van der Waals surface area (Å²) in [6.07, 6.45) is 9.24. The molecule has 2 bridgehead atoms. The molecule has 0 unspecified atom stereocenters. The number of carbonyl (C=O) groups is 2. The van der Waals surface area contributed by atoms with E-state index in [4.69, 9.17) is 5.11 Å². The zero-order chi connectivity index (χ0) is 21.3. The number of aliphatic hydroxyl groups is 1. The van der Waals surface area contributed by atoms with Crippen molar-refractivity contribution in [3.8, 4) is 0 Å². The third-order valence-corrected chi connectivity index (χ3v) is 5.85. The molecule has 4 rings (SSSR count). The van der Waals surface area contributed by atoms with Gasteiger partial charge in [-0.3, -0.25) is 9.59 Å². The molecule has 0 saturated carbocycles. The van der Waals surface area contributed by atoms with Crippen LogP contribution >= 0.6 is 0 Å². The second kappa shape index (κ2) is 8.51. The normalized spacial score (nSPS) is 21.1. The van der Waals surface area contributed by atoms with Gasteiger partial charge in [-0.1, -0.05) is 26.3 Å². The van der Waals surface area contributed by atoms with E-state index in [0.717, 1.165) is 36.8 Å². The van der Waals surface area contributed by atoms with Crippen LogP contribution in [0.1, 0.15) is 55.7 Å². The molecule has 2 fully saturated rings. The number of hydrogen-bond acceptors (Lipinski definition) is 6. The average molecular weight is 412 g/mol. The lowest BCUT2D eigenvalue weighted by Gasteiger charge is -2.34. The van der Waals surface area contributed by atoms with Gasteiger partial charge >= 0.3 is 0 Å². The molecule has 0 radical (unpaired) electrons. The first kappa shape index (κ1) is 20.5. The highest BCUT2D eigenvalue weighted by atomic mass is 16.3. The molecule has 9 heteroatoms. The van der Waals surface area contributed by atoms with Gasteiger partial charge in [0.1, 0.15) is 0 Å². The predicted octanol–water partition coefficient (Wildman–Crippen LogP) is 1.22. The second-order valence-electron chi connectivity index (χ2n) is 7.96. The quantitative estimate of drug-likeness (QED) is 0.686. The number of amides is 2. The van der Waals surface area contributed by atoms with Crippen molar-refractivity contribution in [2.45, 2.75) is 58.0 Å². The van der Waals surface area contributed by atoms with Gasteiger partial charge in [-0.2, -0.15) is 4.98 Å². The fourth-order valence-corrected chi connectivity index (χ4v) is 4.46. The molecular formula is C21H28N6O3. The molecule has 0 aliphatic carbocycles. The molecule has 2 saturated heterocycles. The Balaban J connectivity index is 1.46. The van der Waals surface area contributed by atoms with Crippen molar-refractivity contribution in [3.63, 3.8) is 0 Å². The zero-order valence-corrected chi connectivity index (χ0v) is 17.5. The Morgan fingerprint density at radius 1 is 1.23 bits per heavy atom. The minimum atomic E-state index is -0.221. The summed E-state index contributed by atoms with van der Waals surface area (Å²) in [4.78, 5) is 38.2.